The van der Waals surface area contributed by atoms with Crippen molar-refractivity contribution in [2.24, 2.45) is 0 Å². The molecular formula is C16H18N2O5S. The number of carboxylic acids is 1. The molecular weight excluding hydrogens is 332 g/mol. The van der Waals surface area contributed by atoms with Crippen LogP contribution in [0.25, 0.3) is 0 Å². The van der Waals surface area contributed by atoms with E-state index in [2.05, 4.69) is 5.32 Å². The molecule has 2 heterocycles. The molecule has 2 aliphatic heterocycles. The van der Waals surface area contributed by atoms with Crippen molar-refractivity contribution in [1.82, 2.24) is 10.2 Å². The molecule has 3 atom stereocenters. The molecule has 2 aliphatic rings. The fourth-order valence-corrected chi connectivity index (χ4v) is 4.95. The molecule has 128 valence electrons. The van der Waals surface area contributed by atoms with Gasteiger partial charge in [0, 0.05) is 4.75 Å². The van der Waals surface area contributed by atoms with Gasteiger partial charge in [-0.25, -0.2) is 4.79 Å². The van der Waals surface area contributed by atoms with Crippen molar-refractivity contribution in [3.63, 3.8) is 0 Å². The lowest BCUT2D eigenvalue weighted by molar-refractivity contribution is -0.165. The number of amides is 2. The zero-order valence-corrected chi connectivity index (χ0v) is 14.3. The monoisotopic (exact) mass is 350 g/mol. The number of carbonyl (C=O) groups excluding carboxylic acids is 2. The van der Waals surface area contributed by atoms with Gasteiger partial charge in [0.25, 0.3) is 11.8 Å². The summed E-state index contributed by atoms with van der Waals surface area (Å²) in [4.78, 5) is 37.9. The van der Waals surface area contributed by atoms with Crippen LogP contribution in [0.1, 0.15) is 31.1 Å². The van der Waals surface area contributed by atoms with Gasteiger partial charge in [0.2, 0.25) is 0 Å². The van der Waals surface area contributed by atoms with Crippen LogP contribution in [0.5, 0.6) is 5.75 Å². The Hall–Kier alpha value is -2.22. The standard InChI is InChI=1S/C16H18N2O5S/c1-15(2)10(12(21)22)18-13(23)16(3,14(18)24-15)17-11(20)8-6-4-5-7-9(8)19/h4-7,10,14,19H,1-3H3,(H,17,20)(H,21,22)/t10-,14+,16-/m0/s1. The minimum Gasteiger partial charge on any atom is -0.507 e. The molecule has 3 rings (SSSR count). The van der Waals surface area contributed by atoms with Gasteiger partial charge >= 0.3 is 5.97 Å². The van der Waals surface area contributed by atoms with Crippen molar-refractivity contribution >= 4 is 29.5 Å². The maximum Gasteiger partial charge on any atom is 0.327 e. The number of rotatable bonds is 3. The molecule has 2 amide bonds. The lowest BCUT2D eigenvalue weighted by Crippen LogP contribution is -2.78. The second-order valence-corrected chi connectivity index (χ2v) is 8.43. The number of carboxylic acid groups (broad SMARTS) is 1. The molecule has 3 N–H and O–H groups in total. The first-order chi connectivity index (χ1) is 11.1. The summed E-state index contributed by atoms with van der Waals surface area (Å²) >= 11 is 1.35. The first kappa shape index (κ1) is 16.6. The van der Waals surface area contributed by atoms with Crippen LogP contribution >= 0.6 is 11.8 Å². The van der Waals surface area contributed by atoms with Gasteiger partial charge in [0.15, 0.2) is 0 Å². The Morgan fingerprint density at radius 2 is 1.88 bits per heavy atom. The molecule has 0 aromatic heterocycles. The molecule has 2 fully saturated rings. The lowest BCUT2D eigenvalue weighted by atomic mass is 9.86. The number of hydrogen-bond donors (Lipinski definition) is 3. The van der Waals surface area contributed by atoms with Crippen molar-refractivity contribution in [2.75, 3.05) is 0 Å². The van der Waals surface area contributed by atoms with E-state index in [0.717, 1.165) is 0 Å². The third kappa shape index (κ3) is 2.16. The number of hydrogen-bond acceptors (Lipinski definition) is 5. The molecule has 1 aromatic carbocycles. The van der Waals surface area contributed by atoms with E-state index in [1.165, 1.54) is 28.8 Å². The predicted octanol–water partition coefficient (Wildman–Crippen LogP) is 1.03. The van der Waals surface area contributed by atoms with Crippen LogP contribution in [0.4, 0.5) is 0 Å². The number of thioether (sulfide) groups is 1. The van der Waals surface area contributed by atoms with E-state index in [9.17, 15) is 24.6 Å². The molecule has 0 aliphatic carbocycles. The maximum absolute atomic E-state index is 12.6. The molecule has 0 bridgehead atoms. The van der Waals surface area contributed by atoms with Gasteiger partial charge in [0.05, 0.1) is 5.56 Å². The summed E-state index contributed by atoms with van der Waals surface area (Å²) in [5.41, 5.74) is -1.13. The fraction of sp³-hybridized carbons (Fsp3) is 0.438. The van der Waals surface area contributed by atoms with Gasteiger partial charge in [-0.15, -0.1) is 11.8 Å². The highest BCUT2D eigenvalue weighted by molar-refractivity contribution is 8.01. The smallest absolute Gasteiger partial charge is 0.327 e. The van der Waals surface area contributed by atoms with Crippen molar-refractivity contribution in [2.45, 2.75) is 42.5 Å². The molecule has 24 heavy (non-hydrogen) atoms. The van der Waals surface area contributed by atoms with Crippen LogP contribution in [-0.2, 0) is 9.59 Å². The summed E-state index contributed by atoms with van der Waals surface area (Å²) in [6.07, 6.45) is 0. The van der Waals surface area contributed by atoms with Crippen LogP contribution < -0.4 is 5.32 Å². The summed E-state index contributed by atoms with van der Waals surface area (Å²) in [6.45, 7) is 5.13. The Kier molecular flexibility index (Phi) is 3.56. The molecule has 2 saturated heterocycles. The lowest BCUT2D eigenvalue weighted by Gasteiger charge is -2.51. The number of phenols is 1. The van der Waals surface area contributed by atoms with Gasteiger partial charge in [0.1, 0.15) is 22.7 Å². The van der Waals surface area contributed by atoms with Gasteiger partial charge in [-0.1, -0.05) is 12.1 Å². The number of benzene rings is 1. The highest BCUT2D eigenvalue weighted by Gasteiger charge is 2.70. The van der Waals surface area contributed by atoms with Crippen molar-refractivity contribution < 1.29 is 24.6 Å². The Bertz CT molecular complexity index is 750. The van der Waals surface area contributed by atoms with Crippen molar-refractivity contribution in [1.29, 1.82) is 0 Å². The van der Waals surface area contributed by atoms with E-state index in [1.807, 2.05) is 0 Å². The van der Waals surface area contributed by atoms with E-state index >= 15 is 0 Å². The average Bonchev–Trinajstić information content (AvgIpc) is 2.77. The van der Waals surface area contributed by atoms with E-state index in [1.54, 1.807) is 32.9 Å². The van der Waals surface area contributed by atoms with Gasteiger partial charge < -0.3 is 20.4 Å². The maximum atomic E-state index is 12.6. The summed E-state index contributed by atoms with van der Waals surface area (Å²) in [5, 5.41) is 21.4. The molecule has 8 heteroatoms. The van der Waals surface area contributed by atoms with E-state index < -0.39 is 39.5 Å². The molecule has 0 spiro atoms. The van der Waals surface area contributed by atoms with Crippen LogP contribution in [0.3, 0.4) is 0 Å². The number of fused-ring (bicyclic) bond motifs is 1. The molecule has 0 saturated carbocycles. The van der Waals surface area contributed by atoms with E-state index in [0.29, 0.717) is 0 Å². The molecule has 7 nitrogen and oxygen atoms in total. The number of aromatic hydroxyl groups is 1. The third-order valence-electron chi connectivity index (χ3n) is 4.53. The summed E-state index contributed by atoms with van der Waals surface area (Å²) < 4.78 is -0.663. The molecule has 1 aromatic rings. The number of carbonyl (C=O) groups is 3. The first-order valence-corrected chi connectivity index (χ1v) is 8.31. The number of nitrogens with zero attached hydrogens (tertiary/aromatic N) is 1. The zero-order valence-electron chi connectivity index (χ0n) is 13.4. The number of phenolic OH excluding ortho intramolecular Hbond substituents is 1. The predicted molar refractivity (Wildman–Crippen MR) is 87.7 cm³/mol. The Balaban J connectivity index is 1.86. The number of aliphatic carboxylic acids is 1. The highest BCUT2D eigenvalue weighted by atomic mass is 32.2. The SMILES string of the molecule is CC1(C)S[C@H]2N(C(=O)[C@]2(C)NC(=O)c2ccccc2O)[C@H]1C(=O)O. The molecule has 0 radical (unpaired) electrons. The molecule has 0 unspecified atom stereocenters. The Morgan fingerprint density at radius 3 is 2.46 bits per heavy atom. The van der Waals surface area contributed by atoms with Gasteiger partial charge in [-0.3, -0.25) is 9.59 Å². The van der Waals surface area contributed by atoms with Crippen molar-refractivity contribution in [3.05, 3.63) is 29.8 Å². The van der Waals surface area contributed by atoms with Crippen molar-refractivity contribution in [3.8, 4) is 5.75 Å². The normalized spacial score (nSPS) is 30.5. The fourth-order valence-electron chi connectivity index (χ4n) is 3.31. The summed E-state index contributed by atoms with van der Waals surface area (Å²) in [7, 11) is 0. The third-order valence-corrected chi connectivity index (χ3v) is 6.29. The van der Waals surface area contributed by atoms with Crippen LogP contribution in [0, 0.1) is 0 Å². The topological polar surface area (TPSA) is 107 Å². The number of nitrogens with one attached hydrogen (secondary N) is 1. The van der Waals surface area contributed by atoms with E-state index in [-0.39, 0.29) is 11.3 Å². The zero-order chi connectivity index (χ0) is 17.9. The average molecular weight is 350 g/mol. The Labute approximate surface area is 143 Å². The Morgan fingerprint density at radius 1 is 1.25 bits per heavy atom. The second-order valence-electron chi connectivity index (χ2n) is 6.70. The van der Waals surface area contributed by atoms with Gasteiger partial charge in [-0.05, 0) is 32.9 Å². The first-order valence-electron chi connectivity index (χ1n) is 7.43. The van der Waals surface area contributed by atoms with Crippen LogP contribution in [0.15, 0.2) is 24.3 Å². The minimum atomic E-state index is -1.20. The number of para-hydroxylation sites is 1. The quantitative estimate of drug-likeness (QED) is 0.703. The van der Waals surface area contributed by atoms with Crippen LogP contribution in [-0.4, -0.2) is 54.6 Å². The van der Waals surface area contributed by atoms with Crippen LogP contribution in [0.2, 0.25) is 0 Å². The van der Waals surface area contributed by atoms with E-state index in [4.69, 9.17) is 0 Å². The number of β-lactam (4-membered cyclic amide) rings is 1. The summed E-state index contributed by atoms with van der Waals surface area (Å²) in [5.74, 6) is -2.23. The summed E-state index contributed by atoms with van der Waals surface area (Å²) in [6, 6.07) is 5.12. The minimum absolute atomic E-state index is 0.0713. The second kappa shape index (κ2) is 5.14. The highest BCUT2D eigenvalue weighted by Crippen LogP contribution is 2.54. The largest absolute Gasteiger partial charge is 0.507 e. The van der Waals surface area contributed by atoms with Gasteiger partial charge in [-0.2, -0.15) is 0 Å².